The molecule has 2 aliphatic heterocycles. The number of halogens is 3. The van der Waals surface area contributed by atoms with Gasteiger partial charge in [-0.3, -0.25) is 28.9 Å². The third-order valence-corrected chi connectivity index (χ3v) is 10.8. The number of hydrogen-bond acceptors (Lipinski definition) is 7. The van der Waals surface area contributed by atoms with E-state index in [1.165, 1.54) is 19.2 Å². The van der Waals surface area contributed by atoms with Gasteiger partial charge in [0.05, 0.1) is 45.5 Å². The molecule has 4 aliphatic rings. The molecule has 0 bridgehead atoms. The van der Waals surface area contributed by atoms with Crippen molar-refractivity contribution in [1.82, 2.24) is 4.90 Å². The van der Waals surface area contributed by atoms with Crippen LogP contribution in [-0.4, -0.2) is 58.4 Å². The lowest BCUT2D eigenvalue weighted by atomic mass is 9.51. The molecule has 2 aromatic rings. The lowest BCUT2D eigenvalue weighted by Gasteiger charge is -2.49. The molecule has 2 heterocycles. The Labute approximate surface area is 270 Å². The number of ether oxygens (including phenoxy) is 1. The zero-order chi connectivity index (χ0) is 32.5. The Morgan fingerprint density at radius 3 is 2.53 bits per heavy atom. The highest BCUT2D eigenvalue weighted by molar-refractivity contribution is 9.10. The van der Waals surface area contributed by atoms with Crippen molar-refractivity contribution in [1.29, 1.82) is 0 Å². The van der Waals surface area contributed by atoms with Gasteiger partial charge >= 0.3 is 5.97 Å². The van der Waals surface area contributed by atoms with Crippen molar-refractivity contribution < 1.29 is 43.3 Å². The van der Waals surface area contributed by atoms with Crippen molar-refractivity contribution in [3.63, 3.8) is 0 Å². The Hall–Kier alpha value is -3.77. The van der Waals surface area contributed by atoms with Gasteiger partial charge in [0.2, 0.25) is 23.6 Å². The highest BCUT2D eigenvalue weighted by Crippen LogP contribution is 2.64. The quantitative estimate of drug-likeness (QED) is 0.302. The Kier molecular flexibility index (Phi) is 7.80. The first-order valence-electron chi connectivity index (χ1n) is 14.5. The van der Waals surface area contributed by atoms with Crippen LogP contribution in [0.1, 0.15) is 44.1 Å². The van der Waals surface area contributed by atoms with Gasteiger partial charge in [-0.05, 0) is 83.9 Å². The van der Waals surface area contributed by atoms with E-state index >= 15 is 0 Å². The molecule has 0 aromatic heterocycles. The number of carbonyl (C=O) groups is 5. The summed E-state index contributed by atoms with van der Waals surface area (Å²) in [5, 5.41) is 19.4. The van der Waals surface area contributed by atoms with Gasteiger partial charge in [-0.2, -0.15) is 0 Å². The lowest BCUT2D eigenvalue weighted by molar-refractivity contribution is -0.142. The van der Waals surface area contributed by atoms with Crippen LogP contribution in [0.3, 0.4) is 0 Å². The molecule has 0 radical (unpaired) electrons. The molecule has 3 fully saturated rings. The molecule has 2 saturated heterocycles. The highest BCUT2D eigenvalue weighted by Gasteiger charge is 2.67. The predicted molar refractivity (Wildman–Crippen MR) is 162 cm³/mol. The molecule has 2 aromatic carbocycles. The normalized spacial score (nSPS) is 29.0. The molecule has 236 valence electrons. The fourth-order valence-electron chi connectivity index (χ4n) is 7.86. The van der Waals surface area contributed by atoms with Gasteiger partial charge < -0.3 is 14.9 Å². The number of aromatic hydroxyl groups is 1. The van der Waals surface area contributed by atoms with Crippen molar-refractivity contribution >= 4 is 62.8 Å². The van der Waals surface area contributed by atoms with Gasteiger partial charge in [-0.25, -0.2) is 9.29 Å². The van der Waals surface area contributed by atoms with E-state index in [-0.39, 0.29) is 60.3 Å². The van der Waals surface area contributed by atoms with Crippen molar-refractivity contribution in [2.45, 2.75) is 38.5 Å². The summed E-state index contributed by atoms with van der Waals surface area (Å²) in [7, 11) is 1.38. The zero-order valence-electron chi connectivity index (χ0n) is 24.3. The maximum absolute atomic E-state index is 14.5. The fourth-order valence-corrected chi connectivity index (χ4v) is 8.49. The van der Waals surface area contributed by atoms with E-state index in [2.05, 4.69) is 15.9 Å². The number of methoxy groups -OCH3 is 1. The maximum Gasteiger partial charge on any atom is 0.303 e. The number of benzene rings is 2. The van der Waals surface area contributed by atoms with Crippen LogP contribution in [0.25, 0.3) is 0 Å². The highest BCUT2D eigenvalue weighted by atomic mass is 79.9. The van der Waals surface area contributed by atoms with Crippen molar-refractivity contribution in [2.75, 3.05) is 18.6 Å². The van der Waals surface area contributed by atoms with E-state index in [0.29, 0.717) is 10.0 Å². The van der Waals surface area contributed by atoms with E-state index in [1.807, 2.05) is 6.08 Å². The monoisotopic (exact) mass is 702 g/mol. The summed E-state index contributed by atoms with van der Waals surface area (Å²) in [6.45, 7) is 1.67. The zero-order valence-corrected chi connectivity index (χ0v) is 26.6. The number of likely N-dealkylation sites (tertiary alicyclic amines) is 1. The van der Waals surface area contributed by atoms with E-state index in [0.717, 1.165) is 21.4 Å². The van der Waals surface area contributed by atoms with Crippen LogP contribution >= 0.6 is 27.5 Å². The van der Waals surface area contributed by atoms with Gasteiger partial charge in [-0.15, -0.1) is 0 Å². The summed E-state index contributed by atoms with van der Waals surface area (Å²) in [4.78, 5) is 69.2. The second-order valence-electron chi connectivity index (χ2n) is 12.1. The molecule has 13 heteroatoms. The van der Waals surface area contributed by atoms with Crippen LogP contribution < -0.4 is 9.64 Å². The number of carbonyl (C=O) groups excluding carboxylic acids is 4. The number of rotatable bonds is 7. The van der Waals surface area contributed by atoms with Crippen LogP contribution in [0.15, 0.2) is 46.5 Å². The molecule has 6 rings (SSSR count). The number of fused-ring (bicyclic) bond motifs is 4. The second kappa shape index (κ2) is 11.2. The van der Waals surface area contributed by atoms with Crippen LogP contribution in [-0.2, 0) is 24.0 Å². The van der Waals surface area contributed by atoms with E-state index in [9.17, 15) is 33.5 Å². The summed E-state index contributed by atoms with van der Waals surface area (Å²) in [6.07, 6.45) is 2.13. The summed E-state index contributed by atoms with van der Waals surface area (Å²) >= 11 is 9.41. The molecule has 1 saturated carbocycles. The number of aliphatic carboxylic acids is 1. The Morgan fingerprint density at radius 2 is 1.87 bits per heavy atom. The van der Waals surface area contributed by atoms with Crippen LogP contribution in [0.2, 0.25) is 5.02 Å². The van der Waals surface area contributed by atoms with Gasteiger partial charge in [0.15, 0.2) is 11.5 Å². The molecular formula is C32H29BrClFN2O8. The van der Waals surface area contributed by atoms with E-state index < -0.39 is 64.5 Å². The molecule has 10 nitrogen and oxygen atoms in total. The molecule has 45 heavy (non-hydrogen) atoms. The Balaban J connectivity index is 1.48. The number of anilines is 1. The van der Waals surface area contributed by atoms with Crippen LogP contribution in [0.4, 0.5) is 10.1 Å². The smallest absolute Gasteiger partial charge is 0.303 e. The third kappa shape index (κ3) is 4.67. The fraction of sp³-hybridized carbons (Fsp3) is 0.406. The molecule has 0 spiro atoms. The van der Waals surface area contributed by atoms with Gasteiger partial charge in [0.25, 0.3) is 0 Å². The number of hydrogen-bond donors (Lipinski definition) is 2. The van der Waals surface area contributed by atoms with Crippen LogP contribution in [0.5, 0.6) is 11.5 Å². The largest absolute Gasteiger partial charge is 0.503 e. The number of carboxylic acid groups (broad SMARTS) is 1. The minimum absolute atomic E-state index is 0.0256. The standard InChI is InChI=1S/C32H29BrClFN2O8/c1-32-19(29(42)37(31(32)44)15-5-8-22(35)21(34)12-15)13-18-16(26(32)14-10-20(33)27(40)23(11-14)45-2)6-7-17-25(18)30(43)36(28(17)41)9-3-4-24(38)39/h5-6,8,10-12,17-19,25-26,40H,3-4,7,9,13H2,1-2H3,(H,38,39)/t17-,18+,19-,25-,26-,32+/m0/s1. The Morgan fingerprint density at radius 1 is 1.13 bits per heavy atom. The van der Waals surface area contributed by atoms with Gasteiger partial charge in [0.1, 0.15) is 5.82 Å². The summed E-state index contributed by atoms with van der Waals surface area (Å²) in [6, 6.07) is 6.85. The molecule has 4 amide bonds. The minimum atomic E-state index is -1.37. The lowest BCUT2D eigenvalue weighted by Crippen LogP contribution is -2.48. The Bertz CT molecular complexity index is 1710. The second-order valence-corrected chi connectivity index (χ2v) is 13.4. The number of carboxylic acids is 1. The van der Waals surface area contributed by atoms with Crippen molar-refractivity contribution in [3.05, 3.63) is 62.9 Å². The summed E-state index contributed by atoms with van der Waals surface area (Å²) < 4.78 is 19.8. The molecule has 6 atom stereocenters. The average Bonchev–Trinajstić information content (AvgIpc) is 3.35. The first-order chi connectivity index (χ1) is 21.3. The van der Waals surface area contributed by atoms with Crippen LogP contribution in [0, 0.1) is 34.9 Å². The number of phenols is 1. The number of phenolic OH excluding ortho intramolecular Hbond substituents is 1. The van der Waals surface area contributed by atoms with E-state index in [4.69, 9.17) is 21.4 Å². The summed E-state index contributed by atoms with van der Waals surface area (Å²) in [5.41, 5.74) is 0.0141. The molecule has 2 N–H and O–H groups in total. The number of nitrogens with zero attached hydrogens (tertiary/aromatic N) is 2. The number of allylic oxidation sites excluding steroid dienone is 2. The molecular weight excluding hydrogens is 675 g/mol. The topological polar surface area (TPSA) is 142 Å². The van der Waals surface area contributed by atoms with Crippen molar-refractivity contribution in [2.24, 2.45) is 29.1 Å². The summed E-state index contributed by atoms with van der Waals surface area (Å²) in [5.74, 6) is -7.37. The van der Waals surface area contributed by atoms with Crippen molar-refractivity contribution in [3.8, 4) is 11.5 Å². The number of imide groups is 2. The molecule has 0 unspecified atom stereocenters. The molecule has 2 aliphatic carbocycles. The first-order valence-corrected chi connectivity index (χ1v) is 15.6. The van der Waals surface area contributed by atoms with Gasteiger partial charge in [-0.1, -0.05) is 23.3 Å². The predicted octanol–water partition coefficient (Wildman–Crippen LogP) is 5.05. The average molecular weight is 704 g/mol. The minimum Gasteiger partial charge on any atom is -0.503 e. The first kappa shape index (κ1) is 31.2. The maximum atomic E-state index is 14.5. The third-order valence-electron chi connectivity index (χ3n) is 9.90. The SMILES string of the molecule is COc1cc([C@H]2C3=CC[C@@H]4C(=O)N(CCCC(=O)O)C(=O)[C@@H]4[C@@H]3C[C@H]3C(=O)N(c4ccc(F)c(Cl)c4)C(=O)[C@@]23C)cc(Br)c1O. The number of amides is 4. The van der Waals surface area contributed by atoms with Gasteiger partial charge in [0, 0.05) is 18.9 Å². The van der Waals surface area contributed by atoms with E-state index in [1.54, 1.807) is 19.1 Å².